The van der Waals surface area contributed by atoms with Crippen molar-refractivity contribution in [2.75, 3.05) is 16.5 Å². The topological polar surface area (TPSA) is 58.0 Å². The van der Waals surface area contributed by atoms with E-state index in [0.717, 1.165) is 0 Å². The van der Waals surface area contributed by atoms with Gasteiger partial charge in [-0.1, -0.05) is 22.6 Å². The minimum absolute atomic E-state index is 0.175. The minimum Gasteiger partial charge on any atom is -0.371 e. The summed E-state index contributed by atoms with van der Waals surface area (Å²) < 4.78 is 165. The van der Waals surface area contributed by atoms with Gasteiger partial charge in [-0.25, -0.2) is 9.99 Å². The van der Waals surface area contributed by atoms with Crippen LogP contribution in [0.2, 0.25) is 0 Å². The summed E-state index contributed by atoms with van der Waals surface area (Å²) in [7, 11) is 0.381. The first kappa shape index (κ1) is 28.7. The number of hydrogen-bond acceptors (Lipinski definition) is 5. The molecule has 0 saturated heterocycles. The van der Waals surface area contributed by atoms with Gasteiger partial charge in [-0.05, 0) is 18.6 Å². The maximum atomic E-state index is 13.8. The van der Waals surface area contributed by atoms with E-state index in [1.54, 1.807) is 0 Å². The first-order valence-electron chi connectivity index (χ1n) is 8.66. The summed E-state index contributed by atoms with van der Waals surface area (Å²) in [5.41, 5.74) is -11.6. The van der Waals surface area contributed by atoms with Crippen LogP contribution >= 0.6 is 22.6 Å². The largest absolute Gasteiger partial charge is 0.433 e. The molecule has 1 aliphatic rings. The molecule has 0 aromatic carbocycles. The van der Waals surface area contributed by atoms with Crippen LogP contribution in [0.15, 0.2) is 17.2 Å². The first-order chi connectivity index (χ1) is 15.2. The van der Waals surface area contributed by atoms with E-state index in [2.05, 4.69) is 14.8 Å². The number of nitrogens with zero attached hydrogens (tertiary/aromatic N) is 3. The van der Waals surface area contributed by atoms with E-state index in [-0.39, 0.29) is 17.1 Å². The Balaban J connectivity index is 2.87. The third-order valence-electron chi connectivity index (χ3n) is 4.77. The molecule has 0 saturated carbocycles. The van der Waals surface area contributed by atoms with Crippen molar-refractivity contribution in [3.8, 4) is 0 Å². The van der Waals surface area contributed by atoms with Crippen molar-refractivity contribution < 1.29 is 62.5 Å². The van der Waals surface area contributed by atoms with E-state index in [0.29, 0.717) is 7.11 Å². The fourth-order valence-corrected chi connectivity index (χ4v) is 4.38. The standard InChI is InChI=1S/C16H12F12IN3O2/c1-34-10(16(26,27)28)12(2-3-29)9(15(23,24)25)31-32(11(12)33)6-4-7(13(17,18)19)30-8(5-6)14(20,21)22/h4-5,10-11,33H,2-3H2,1H3. The lowest BCUT2D eigenvalue weighted by atomic mass is 9.73. The van der Waals surface area contributed by atoms with Crippen LogP contribution in [0.5, 0.6) is 0 Å². The summed E-state index contributed by atoms with van der Waals surface area (Å²) in [5, 5.41) is 13.1. The number of hydrazone groups is 1. The van der Waals surface area contributed by atoms with Gasteiger partial charge in [0.2, 0.25) is 0 Å². The zero-order valence-corrected chi connectivity index (χ0v) is 18.5. The molecule has 0 radical (unpaired) electrons. The van der Waals surface area contributed by atoms with Crippen LogP contribution in [-0.4, -0.2) is 52.0 Å². The number of methoxy groups -OCH3 is 1. The van der Waals surface area contributed by atoms with E-state index >= 15 is 0 Å². The summed E-state index contributed by atoms with van der Waals surface area (Å²) in [4.78, 5) is 2.37. The monoisotopic (exact) mass is 633 g/mol. The Kier molecular flexibility index (Phi) is 7.71. The average molecular weight is 633 g/mol. The predicted octanol–water partition coefficient (Wildman–Crippen LogP) is 5.56. The molecule has 0 spiro atoms. The van der Waals surface area contributed by atoms with Gasteiger partial charge >= 0.3 is 24.7 Å². The molecule has 1 aliphatic heterocycles. The Morgan fingerprint density at radius 3 is 1.76 bits per heavy atom. The molecule has 0 fully saturated rings. The minimum atomic E-state index is -5.68. The summed E-state index contributed by atoms with van der Waals surface area (Å²) in [6.45, 7) is 0. The fraction of sp³-hybridized carbons (Fsp3) is 0.625. The number of aliphatic hydroxyl groups is 1. The van der Waals surface area contributed by atoms with E-state index in [4.69, 9.17) is 0 Å². The van der Waals surface area contributed by atoms with Gasteiger partial charge < -0.3 is 9.84 Å². The summed E-state index contributed by atoms with van der Waals surface area (Å²) in [6.07, 6.45) is -29.8. The lowest BCUT2D eigenvalue weighted by Crippen LogP contribution is -2.60. The summed E-state index contributed by atoms with van der Waals surface area (Å²) >= 11 is 1.38. The van der Waals surface area contributed by atoms with Crippen LogP contribution in [0.1, 0.15) is 17.8 Å². The number of anilines is 1. The van der Waals surface area contributed by atoms with Crippen LogP contribution < -0.4 is 5.01 Å². The number of halogens is 13. The third kappa shape index (κ3) is 5.31. The highest BCUT2D eigenvalue weighted by Gasteiger charge is 2.69. The van der Waals surface area contributed by atoms with Gasteiger partial charge in [0.15, 0.2) is 18.0 Å². The number of alkyl halides is 13. The Hall–Kier alpha value is -1.57. The first-order valence-corrected chi connectivity index (χ1v) is 10.2. The van der Waals surface area contributed by atoms with Crippen LogP contribution in [0.4, 0.5) is 58.4 Å². The molecular formula is C16H12F12IN3O2. The van der Waals surface area contributed by atoms with Gasteiger partial charge in [-0.3, -0.25) is 0 Å². The van der Waals surface area contributed by atoms with Crippen LogP contribution in [0.25, 0.3) is 0 Å². The number of rotatable bonds is 5. The van der Waals surface area contributed by atoms with Crippen LogP contribution in [0.3, 0.4) is 0 Å². The number of aromatic nitrogens is 1. The molecule has 0 aliphatic carbocycles. The second-order valence-electron chi connectivity index (χ2n) is 6.89. The maximum absolute atomic E-state index is 13.8. The molecule has 194 valence electrons. The van der Waals surface area contributed by atoms with Gasteiger partial charge in [-0.2, -0.15) is 57.8 Å². The maximum Gasteiger partial charge on any atom is 0.433 e. The molecule has 2 heterocycles. The highest BCUT2D eigenvalue weighted by Crippen LogP contribution is 2.52. The lowest BCUT2D eigenvalue weighted by Gasteiger charge is -2.41. The smallest absolute Gasteiger partial charge is 0.371 e. The number of hydrogen-bond donors (Lipinski definition) is 1. The second-order valence-corrected chi connectivity index (χ2v) is 7.97. The van der Waals surface area contributed by atoms with Crippen molar-refractivity contribution in [1.82, 2.24) is 4.98 Å². The molecule has 18 heteroatoms. The fourth-order valence-electron chi connectivity index (χ4n) is 3.48. The third-order valence-corrected chi connectivity index (χ3v) is 5.31. The molecule has 2 rings (SSSR count). The number of ether oxygens (including phenoxy) is 1. The van der Waals surface area contributed by atoms with Gasteiger partial charge in [0.05, 0.1) is 5.69 Å². The van der Waals surface area contributed by atoms with E-state index in [1.165, 1.54) is 22.6 Å². The van der Waals surface area contributed by atoms with E-state index < -0.39 is 76.1 Å². The summed E-state index contributed by atoms with van der Waals surface area (Å²) in [5.74, 6) is 0. The van der Waals surface area contributed by atoms with Crippen LogP contribution in [-0.2, 0) is 17.1 Å². The number of pyridine rings is 1. The lowest BCUT2D eigenvalue weighted by molar-refractivity contribution is -0.250. The van der Waals surface area contributed by atoms with Crippen molar-refractivity contribution in [1.29, 1.82) is 0 Å². The quantitative estimate of drug-likeness (QED) is 0.262. The van der Waals surface area contributed by atoms with Gasteiger partial charge in [0.1, 0.15) is 16.8 Å². The summed E-state index contributed by atoms with van der Waals surface area (Å²) in [6, 6.07) is -0.350. The zero-order valence-electron chi connectivity index (χ0n) is 16.3. The molecule has 3 atom stereocenters. The average Bonchev–Trinajstić information content (AvgIpc) is 2.93. The Morgan fingerprint density at radius 2 is 1.44 bits per heavy atom. The molecule has 0 bridgehead atoms. The van der Waals surface area contributed by atoms with Crippen molar-refractivity contribution in [2.24, 2.45) is 10.5 Å². The Morgan fingerprint density at radius 1 is 0.971 bits per heavy atom. The van der Waals surface area contributed by atoms with Gasteiger partial charge in [0, 0.05) is 11.5 Å². The van der Waals surface area contributed by atoms with Crippen molar-refractivity contribution in [2.45, 2.75) is 43.5 Å². The zero-order chi connectivity index (χ0) is 26.5. The molecule has 1 aromatic rings. The molecule has 1 N–H and O–H groups in total. The van der Waals surface area contributed by atoms with Crippen molar-refractivity contribution in [3.63, 3.8) is 0 Å². The molecule has 34 heavy (non-hydrogen) atoms. The van der Waals surface area contributed by atoms with E-state index in [9.17, 15) is 57.8 Å². The SMILES string of the molecule is COC(C(F)(F)F)C1(CCI)C(C(F)(F)F)=NN(c2cc(C(F)(F)F)nc(C(F)(F)F)c2)C1O. The van der Waals surface area contributed by atoms with E-state index in [1.807, 2.05) is 0 Å². The Bertz CT molecular complexity index is 896. The van der Waals surface area contributed by atoms with Gasteiger partial charge in [-0.15, -0.1) is 0 Å². The molecular weight excluding hydrogens is 621 g/mol. The van der Waals surface area contributed by atoms with Crippen molar-refractivity contribution in [3.05, 3.63) is 23.5 Å². The van der Waals surface area contributed by atoms with Gasteiger partial charge in [0.25, 0.3) is 0 Å². The molecule has 3 unspecified atom stereocenters. The Labute approximate surface area is 195 Å². The molecule has 1 aromatic heterocycles. The second kappa shape index (κ2) is 9.14. The predicted molar refractivity (Wildman–Crippen MR) is 99.0 cm³/mol. The number of aliphatic hydroxyl groups excluding tert-OH is 1. The van der Waals surface area contributed by atoms with Crippen molar-refractivity contribution >= 4 is 34.0 Å². The molecule has 5 nitrogen and oxygen atoms in total. The highest BCUT2D eigenvalue weighted by molar-refractivity contribution is 14.1. The molecule has 0 amide bonds. The van der Waals surface area contributed by atoms with Crippen LogP contribution in [0, 0.1) is 5.41 Å². The highest BCUT2D eigenvalue weighted by atomic mass is 127. The normalized spacial score (nSPS) is 23.3.